The minimum absolute atomic E-state index is 0.560. The van der Waals surface area contributed by atoms with Gasteiger partial charge in [-0.3, -0.25) is 0 Å². The Kier molecular flexibility index (Phi) is 1.06. The molecule has 0 aliphatic heterocycles. The molecule has 0 spiro atoms. The van der Waals surface area contributed by atoms with E-state index in [4.69, 9.17) is 0 Å². The zero-order chi connectivity index (χ0) is 6.20. The first kappa shape index (κ1) is 5.65. The van der Waals surface area contributed by atoms with Crippen LogP contribution in [0.15, 0.2) is 18.4 Å². The molecule has 1 aliphatic carbocycles. The highest BCUT2D eigenvalue weighted by molar-refractivity contribution is 5.06. The van der Waals surface area contributed by atoms with Gasteiger partial charge in [0.2, 0.25) is 0 Å². The average Bonchev–Trinajstić information content (AvgIpc) is 2.15. The van der Waals surface area contributed by atoms with Gasteiger partial charge in [-0.1, -0.05) is 20.4 Å². The quantitative estimate of drug-likeness (QED) is 0.452. The van der Waals surface area contributed by atoms with E-state index < -0.39 is 0 Å². The Hall–Kier alpha value is -0.480. The Balaban J connectivity index is 2.48. The summed E-state index contributed by atoms with van der Waals surface area (Å²) in [6.07, 6.45) is 3.38. The van der Waals surface area contributed by atoms with Crippen LogP contribution in [0, 0.1) is 11.3 Å². The first-order chi connectivity index (χ1) is 3.67. The fourth-order valence-electron chi connectivity index (χ4n) is 0.935. The Morgan fingerprint density at radius 3 is 2.38 bits per heavy atom. The first-order valence-corrected chi connectivity index (χ1v) is 3.03. The Morgan fingerprint density at radius 1 is 1.75 bits per heavy atom. The lowest BCUT2D eigenvalue weighted by atomic mass is 10.1. The normalized spacial score (nSPS) is 31.0. The van der Waals surface area contributed by atoms with E-state index in [1.165, 1.54) is 6.42 Å². The smallest absolute Gasteiger partial charge is 0.0101 e. The molecule has 1 saturated carbocycles. The van der Waals surface area contributed by atoms with Gasteiger partial charge in [0.15, 0.2) is 0 Å². The van der Waals surface area contributed by atoms with Crippen molar-refractivity contribution in [2.24, 2.45) is 11.3 Å². The van der Waals surface area contributed by atoms with E-state index in [0.29, 0.717) is 5.41 Å². The first-order valence-electron chi connectivity index (χ1n) is 3.03. The summed E-state index contributed by atoms with van der Waals surface area (Å²) in [5.74, 6) is 0.764. The molecule has 0 bridgehead atoms. The van der Waals surface area contributed by atoms with Crippen LogP contribution in [0.4, 0.5) is 0 Å². The largest absolute Gasteiger partial charge is 0.133 e. The molecule has 0 heteroatoms. The standard InChI is InChI=1S/C8H12/c1-4-5-7-6-8(7,2)3/h5,7H,1,6H2,2-3H3. The van der Waals surface area contributed by atoms with Crippen LogP contribution in [0.25, 0.3) is 0 Å². The third kappa shape index (κ3) is 0.850. The third-order valence-corrected chi connectivity index (χ3v) is 1.91. The summed E-state index contributed by atoms with van der Waals surface area (Å²) in [5, 5.41) is 0. The maximum absolute atomic E-state index is 3.53. The SMILES string of the molecule is C=C=CC1CC1(C)C. The van der Waals surface area contributed by atoms with Gasteiger partial charge in [0, 0.05) is 0 Å². The van der Waals surface area contributed by atoms with Crippen molar-refractivity contribution in [3.8, 4) is 0 Å². The molecule has 0 saturated heterocycles. The molecular formula is C8H12. The second kappa shape index (κ2) is 1.50. The van der Waals surface area contributed by atoms with Crippen molar-refractivity contribution in [2.75, 3.05) is 0 Å². The van der Waals surface area contributed by atoms with Crippen molar-refractivity contribution in [1.82, 2.24) is 0 Å². The number of hydrogen-bond donors (Lipinski definition) is 0. The number of allylic oxidation sites excluding steroid dienone is 1. The van der Waals surface area contributed by atoms with Crippen LogP contribution in [0.1, 0.15) is 20.3 Å². The molecule has 0 N–H and O–H groups in total. The van der Waals surface area contributed by atoms with Gasteiger partial charge in [-0.15, -0.1) is 5.73 Å². The van der Waals surface area contributed by atoms with E-state index in [-0.39, 0.29) is 0 Å². The molecule has 0 heterocycles. The molecule has 0 nitrogen and oxygen atoms in total. The van der Waals surface area contributed by atoms with E-state index in [1.807, 2.05) is 0 Å². The van der Waals surface area contributed by atoms with Crippen LogP contribution >= 0.6 is 0 Å². The molecule has 1 fully saturated rings. The van der Waals surface area contributed by atoms with Gasteiger partial charge >= 0.3 is 0 Å². The second-order valence-corrected chi connectivity index (χ2v) is 3.17. The van der Waals surface area contributed by atoms with Crippen molar-refractivity contribution in [3.63, 3.8) is 0 Å². The van der Waals surface area contributed by atoms with Gasteiger partial charge in [0.1, 0.15) is 0 Å². The number of rotatable bonds is 1. The molecule has 1 aliphatic rings. The molecule has 0 aromatic carbocycles. The zero-order valence-corrected chi connectivity index (χ0v) is 5.57. The summed E-state index contributed by atoms with van der Waals surface area (Å²) in [6, 6.07) is 0. The highest BCUT2D eigenvalue weighted by Gasteiger charge is 2.43. The van der Waals surface area contributed by atoms with Gasteiger partial charge < -0.3 is 0 Å². The minimum Gasteiger partial charge on any atom is -0.133 e. The van der Waals surface area contributed by atoms with Gasteiger partial charge in [-0.25, -0.2) is 0 Å². The van der Waals surface area contributed by atoms with Gasteiger partial charge in [-0.2, -0.15) is 0 Å². The van der Waals surface area contributed by atoms with E-state index in [9.17, 15) is 0 Å². The van der Waals surface area contributed by atoms with Gasteiger partial charge in [-0.05, 0) is 23.8 Å². The summed E-state index contributed by atoms with van der Waals surface area (Å²) in [5.41, 5.74) is 3.37. The van der Waals surface area contributed by atoms with Crippen molar-refractivity contribution < 1.29 is 0 Å². The monoisotopic (exact) mass is 108 g/mol. The molecule has 0 aromatic rings. The molecule has 0 aromatic heterocycles. The summed E-state index contributed by atoms with van der Waals surface area (Å²) in [4.78, 5) is 0. The third-order valence-electron chi connectivity index (χ3n) is 1.91. The summed E-state index contributed by atoms with van der Waals surface area (Å²) < 4.78 is 0. The molecule has 1 rings (SSSR count). The molecule has 0 amide bonds. The molecule has 8 heavy (non-hydrogen) atoms. The van der Waals surface area contributed by atoms with Crippen molar-refractivity contribution >= 4 is 0 Å². The lowest BCUT2D eigenvalue weighted by molar-refractivity contribution is 0.610. The second-order valence-electron chi connectivity index (χ2n) is 3.17. The topological polar surface area (TPSA) is 0 Å². The summed E-state index contributed by atoms with van der Waals surface area (Å²) in [6.45, 7) is 8.06. The van der Waals surface area contributed by atoms with Crippen LogP contribution in [-0.2, 0) is 0 Å². The lowest BCUT2D eigenvalue weighted by Crippen LogP contribution is -1.84. The maximum Gasteiger partial charge on any atom is -0.0101 e. The Labute approximate surface area is 50.9 Å². The van der Waals surface area contributed by atoms with E-state index in [0.717, 1.165) is 5.92 Å². The summed E-state index contributed by atoms with van der Waals surface area (Å²) >= 11 is 0. The zero-order valence-electron chi connectivity index (χ0n) is 5.57. The predicted molar refractivity (Wildman–Crippen MR) is 35.6 cm³/mol. The molecule has 1 atom stereocenters. The van der Waals surface area contributed by atoms with Crippen LogP contribution in [0.2, 0.25) is 0 Å². The maximum atomic E-state index is 3.53. The van der Waals surface area contributed by atoms with Crippen LogP contribution < -0.4 is 0 Å². The Bertz CT molecular complexity index is 136. The fraction of sp³-hybridized carbons (Fsp3) is 0.625. The van der Waals surface area contributed by atoms with E-state index >= 15 is 0 Å². The van der Waals surface area contributed by atoms with E-state index in [2.05, 4.69) is 32.2 Å². The van der Waals surface area contributed by atoms with Crippen LogP contribution in [0.3, 0.4) is 0 Å². The Morgan fingerprint density at radius 2 is 2.25 bits per heavy atom. The molecule has 0 radical (unpaired) electrons. The van der Waals surface area contributed by atoms with Gasteiger partial charge in [0.05, 0.1) is 0 Å². The molecule has 44 valence electrons. The van der Waals surface area contributed by atoms with Crippen molar-refractivity contribution in [1.29, 1.82) is 0 Å². The fourth-order valence-corrected chi connectivity index (χ4v) is 0.935. The molecule has 1 unspecified atom stereocenters. The highest BCUT2D eigenvalue weighted by atomic mass is 14.5. The molecular weight excluding hydrogens is 96.1 g/mol. The van der Waals surface area contributed by atoms with Crippen LogP contribution in [-0.4, -0.2) is 0 Å². The van der Waals surface area contributed by atoms with E-state index in [1.54, 1.807) is 0 Å². The lowest BCUT2D eigenvalue weighted by Gasteiger charge is -1.92. The predicted octanol–water partition coefficient (Wildman–Crippen LogP) is 2.37. The average molecular weight is 108 g/mol. The highest BCUT2D eigenvalue weighted by Crippen LogP contribution is 2.52. The number of hydrogen-bond acceptors (Lipinski definition) is 0. The van der Waals surface area contributed by atoms with Crippen molar-refractivity contribution in [2.45, 2.75) is 20.3 Å². The van der Waals surface area contributed by atoms with Crippen LogP contribution in [0.5, 0.6) is 0 Å². The van der Waals surface area contributed by atoms with Crippen molar-refractivity contribution in [3.05, 3.63) is 18.4 Å². The van der Waals surface area contributed by atoms with Gasteiger partial charge in [0.25, 0.3) is 0 Å². The summed E-state index contributed by atoms with van der Waals surface area (Å²) in [7, 11) is 0. The minimum atomic E-state index is 0.560.